The summed E-state index contributed by atoms with van der Waals surface area (Å²) in [7, 11) is 0. The Morgan fingerprint density at radius 2 is 2.33 bits per heavy atom. The lowest BCUT2D eigenvalue weighted by atomic mass is 10.3. The maximum atomic E-state index is 5.99. The molecule has 0 bridgehead atoms. The topological polar surface area (TPSA) is 38.6 Å². The Labute approximate surface area is 132 Å². The van der Waals surface area contributed by atoms with Crippen LogP contribution in [0.25, 0.3) is 4.96 Å². The molecule has 21 heavy (non-hydrogen) atoms. The summed E-state index contributed by atoms with van der Waals surface area (Å²) in [5, 5.41) is 6.07. The molecule has 6 heteroatoms. The summed E-state index contributed by atoms with van der Waals surface area (Å²) in [6.07, 6.45) is 3.11. The van der Waals surface area contributed by atoms with Gasteiger partial charge < -0.3 is 10.1 Å². The molecule has 0 unspecified atom stereocenters. The Morgan fingerprint density at radius 1 is 1.43 bits per heavy atom. The average molecular weight is 322 g/mol. The molecule has 0 saturated heterocycles. The van der Waals surface area contributed by atoms with Crippen molar-refractivity contribution in [2.45, 2.75) is 19.9 Å². The van der Waals surface area contributed by atoms with Gasteiger partial charge in [-0.1, -0.05) is 24.6 Å². The second kappa shape index (κ2) is 6.47. The van der Waals surface area contributed by atoms with Crippen molar-refractivity contribution in [2.75, 3.05) is 6.54 Å². The van der Waals surface area contributed by atoms with Gasteiger partial charge in [-0.3, -0.25) is 4.40 Å². The molecule has 2 heterocycles. The van der Waals surface area contributed by atoms with Gasteiger partial charge in [-0.05, 0) is 31.2 Å². The molecule has 0 aliphatic carbocycles. The van der Waals surface area contributed by atoms with Crippen LogP contribution in [0.3, 0.4) is 0 Å². The van der Waals surface area contributed by atoms with Crippen molar-refractivity contribution in [1.82, 2.24) is 14.7 Å². The zero-order valence-corrected chi connectivity index (χ0v) is 13.2. The first-order valence-electron chi connectivity index (χ1n) is 6.86. The third kappa shape index (κ3) is 3.20. The van der Waals surface area contributed by atoms with Gasteiger partial charge in [0.15, 0.2) is 4.96 Å². The van der Waals surface area contributed by atoms with Crippen LogP contribution in [0.5, 0.6) is 11.6 Å². The van der Waals surface area contributed by atoms with Crippen molar-refractivity contribution in [2.24, 2.45) is 0 Å². The van der Waals surface area contributed by atoms with Crippen LogP contribution in [0.2, 0.25) is 5.02 Å². The number of rotatable bonds is 6. The van der Waals surface area contributed by atoms with Crippen molar-refractivity contribution in [1.29, 1.82) is 0 Å². The number of ether oxygens (including phenoxy) is 1. The largest absolute Gasteiger partial charge is 0.437 e. The van der Waals surface area contributed by atoms with E-state index in [9.17, 15) is 0 Å². The predicted molar refractivity (Wildman–Crippen MR) is 86.6 cm³/mol. The van der Waals surface area contributed by atoms with E-state index in [1.165, 1.54) is 0 Å². The molecule has 0 atom stereocenters. The minimum absolute atomic E-state index is 0.632. The number of imidazole rings is 1. The van der Waals surface area contributed by atoms with Crippen molar-refractivity contribution in [3.63, 3.8) is 0 Å². The Balaban J connectivity index is 1.89. The molecule has 1 N–H and O–H groups in total. The highest BCUT2D eigenvalue weighted by Gasteiger charge is 2.15. The first-order valence-corrected chi connectivity index (χ1v) is 8.12. The molecule has 2 aromatic heterocycles. The number of halogens is 1. The van der Waals surface area contributed by atoms with Crippen LogP contribution in [0, 0.1) is 0 Å². The summed E-state index contributed by atoms with van der Waals surface area (Å²) in [6.45, 7) is 3.84. The zero-order valence-electron chi connectivity index (χ0n) is 11.7. The standard InChI is InChI=1S/C15H16ClN3OS/c1-2-6-17-10-13-14(18-15-19(13)7-8-21-15)20-12-5-3-4-11(16)9-12/h3-5,7-9,17H,2,6,10H2,1H3. The Hall–Kier alpha value is -1.56. The van der Waals surface area contributed by atoms with E-state index >= 15 is 0 Å². The van der Waals surface area contributed by atoms with E-state index < -0.39 is 0 Å². The molecule has 0 aliphatic rings. The SMILES string of the molecule is CCCNCc1c(Oc2cccc(Cl)c2)nc2sccn12. The van der Waals surface area contributed by atoms with E-state index in [1.54, 1.807) is 17.4 Å². The fraction of sp³-hybridized carbons (Fsp3) is 0.267. The summed E-state index contributed by atoms with van der Waals surface area (Å²) >= 11 is 7.59. The molecular weight excluding hydrogens is 306 g/mol. The number of nitrogens with one attached hydrogen (secondary N) is 1. The molecule has 110 valence electrons. The van der Waals surface area contributed by atoms with Crippen LogP contribution in [0.4, 0.5) is 0 Å². The van der Waals surface area contributed by atoms with Crippen LogP contribution < -0.4 is 10.1 Å². The van der Waals surface area contributed by atoms with Gasteiger partial charge >= 0.3 is 0 Å². The van der Waals surface area contributed by atoms with Crippen molar-refractivity contribution < 1.29 is 4.74 Å². The van der Waals surface area contributed by atoms with Gasteiger partial charge in [0.05, 0.1) is 0 Å². The maximum absolute atomic E-state index is 5.99. The average Bonchev–Trinajstić information content (AvgIpc) is 3.02. The van der Waals surface area contributed by atoms with Crippen LogP contribution in [-0.2, 0) is 6.54 Å². The zero-order chi connectivity index (χ0) is 14.7. The molecule has 3 aromatic rings. The van der Waals surface area contributed by atoms with E-state index in [4.69, 9.17) is 16.3 Å². The Morgan fingerprint density at radius 3 is 3.14 bits per heavy atom. The molecule has 0 saturated carbocycles. The van der Waals surface area contributed by atoms with Gasteiger partial charge in [-0.15, -0.1) is 11.3 Å². The second-order valence-corrected chi connectivity index (χ2v) is 5.96. The lowest BCUT2D eigenvalue weighted by molar-refractivity contribution is 0.455. The number of hydrogen-bond acceptors (Lipinski definition) is 4. The van der Waals surface area contributed by atoms with Crippen LogP contribution in [0.1, 0.15) is 19.0 Å². The van der Waals surface area contributed by atoms with Crippen molar-refractivity contribution >= 4 is 27.9 Å². The van der Waals surface area contributed by atoms with Crippen molar-refractivity contribution in [3.05, 3.63) is 46.6 Å². The monoisotopic (exact) mass is 321 g/mol. The second-order valence-electron chi connectivity index (χ2n) is 4.66. The number of fused-ring (bicyclic) bond motifs is 1. The highest BCUT2D eigenvalue weighted by Crippen LogP contribution is 2.29. The quantitative estimate of drug-likeness (QED) is 0.686. The predicted octanol–water partition coefficient (Wildman–Crippen LogP) is 4.34. The molecule has 0 spiro atoms. The lowest BCUT2D eigenvalue weighted by Crippen LogP contribution is -2.15. The van der Waals surface area contributed by atoms with Gasteiger partial charge in [0.1, 0.15) is 11.4 Å². The van der Waals surface area contributed by atoms with E-state index in [0.717, 1.165) is 30.2 Å². The van der Waals surface area contributed by atoms with E-state index in [0.29, 0.717) is 16.7 Å². The molecule has 0 radical (unpaired) electrons. The summed E-state index contributed by atoms with van der Waals surface area (Å²) in [5.41, 5.74) is 1.03. The third-order valence-corrected chi connectivity index (χ3v) is 4.05. The highest BCUT2D eigenvalue weighted by molar-refractivity contribution is 7.15. The van der Waals surface area contributed by atoms with E-state index in [-0.39, 0.29) is 0 Å². The number of benzene rings is 1. The lowest BCUT2D eigenvalue weighted by Gasteiger charge is -2.07. The molecule has 1 aromatic carbocycles. The number of thiazole rings is 1. The number of aromatic nitrogens is 2. The first kappa shape index (κ1) is 14.4. The van der Waals surface area contributed by atoms with Gasteiger partial charge in [0.25, 0.3) is 0 Å². The van der Waals surface area contributed by atoms with Gasteiger partial charge in [0, 0.05) is 23.1 Å². The molecule has 0 fully saturated rings. The fourth-order valence-electron chi connectivity index (χ4n) is 2.08. The Bertz CT molecular complexity index is 737. The minimum Gasteiger partial charge on any atom is -0.437 e. The minimum atomic E-state index is 0.632. The molecule has 0 amide bonds. The van der Waals surface area contributed by atoms with Crippen LogP contribution in [-0.4, -0.2) is 15.9 Å². The summed E-state index contributed by atoms with van der Waals surface area (Å²) < 4.78 is 7.98. The summed E-state index contributed by atoms with van der Waals surface area (Å²) in [6, 6.07) is 7.36. The third-order valence-electron chi connectivity index (χ3n) is 3.05. The highest BCUT2D eigenvalue weighted by atomic mass is 35.5. The molecular formula is C15H16ClN3OS. The van der Waals surface area contributed by atoms with Gasteiger partial charge in [-0.25, -0.2) is 0 Å². The van der Waals surface area contributed by atoms with Gasteiger partial charge in [0.2, 0.25) is 5.88 Å². The summed E-state index contributed by atoms with van der Waals surface area (Å²) in [5.74, 6) is 1.33. The molecule has 4 nitrogen and oxygen atoms in total. The summed E-state index contributed by atoms with van der Waals surface area (Å²) in [4.78, 5) is 5.48. The Kier molecular flexibility index (Phi) is 4.43. The van der Waals surface area contributed by atoms with E-state index in [2.05, 4.69) is 21.6 Å². The van der Waals surface area contributed by atoms with Crippen LogP contribution >= 0.6 is 22.9 Å². The molecule has 0 aliphatic heterocycles. The fourth-order valence-corrected chi connectivity index (χ4v) is 2.99. The van der Waals surface area contributed by atoms with Crippen LogP contribution in [0.15, 0.2) is 35.8 Å². The first-order chi connectivity index (χ1) is 10.3. The molecule has 3 rings (SSSR count). The van der Waals surface area contributed by atoms with Crippen molar-refractivity contribution in [3.8, 4) is 11.6 Å². The van der Waals surface area contributed by atoms with E-state index in [1.807, 2.05) is 29.8 Å². The number of nitrogens with zero attached hydrogens (tertiary/aromatic N) is 2. The van der Waals surface area contributed by atoms with Gasteiger partial charge in [-0.2, -0.15) is 4.98 Å². The normalized spacial score (nSPS) is 11.1. The maximum Gasteiger partial charge on any atom is 0.243 e. The smallest absolute Gasteiger partial charge is 0.243 e. The number of hydrogen-bond donors (Lipinski definition) is 1.